The summed E-state index contributed by atoms with van der Waals surface area (Å²) in [6, 6.07) is 7.80. The number of carbonyl (C=O) groups is 1. The summed E-state index contributed by atoms with van der Waals surface area (Å²) >= 11 is 3.43. The fourth-order valence-electron chi connectivity index (χ4n) is 2.55. The summed E-state index contributed by atoms with van der Waals surface area (Å²) in [4.78, 5) is 11.6. The molecular weight excluding hydrogens is 364 g/mol. The smallest absolute Gasteiger partial charge is 0.332 e. The van der Waals surface area contributed by atoms with Crippen LogP contribution in [0.3, 0.4) is 0 Å². The van der Waals surface area contributed by atoms with Crippen molar-refractivity contribution in [2.24, 2.45) is 0 Å². The summed E-state index contributed by atoms with van der Waals surface area (Å²) in [5, 5.41) is 1.03. The van der Waals surface area contributed by atoms with E-state index in [9.17, 15) is 4.79 Å². The molecule has 1 fully saturated rings. The number of benzene rings is 1. The van der Waals surface area contributed by atoms with Gasteiger partial charge in [0.05, 0.1) is 19.3 Å². The lowest BCUT2D eigenvalue weighted by Crippen LogP contribution is -2.20. The van der Waals surface area contributed by atoms with Crippen molar-refractivity contribution in [3.8, 4) is 0 Å². The molecule has 0 N–H and O–H groups in total. The molecule has 1 aliphatic heterocycles. The second-order valence-corrected chi connectivity index (χ2v) is 6.43. The number of halogens is 1. The van der Waals surface area contributed by atoms with Crippen molar-refractivity contribution in [1.82, 2.24) is 0 Å². The zero-order valence-corrected chi connectivity index (χ0v) is 14.3. The fraction of sp³-hybridized carbons (Fsp3) is 0.471. The van der Waals surface area contributed by atoms with Gasteiger partial charge >= 0.3 is 5.97 Å². The highest BCUT2D eigenvalue weighted by Crippen LogP contribution is 2.23. The zero-order valence-electron chi connectivity index (χ0n) is 12.8. The number of carbonyl (C=O) groups excluding carboxylic acids is 1. The number of ether oxygens (including phenoxy) is 3. The minimum Gasteiger partial charge on any atom is -0.464 e. The van der Waals surface area contributed by atoms with E-state index in [0.717, 1.165) is 40.7 Å². The second-order valence-electron chi connectivity index (χ2n) is 5.52. The average molecular weight is 383 g/mol. The molecule has 0 amide bonds. The molecule has 2 aromatic rings. The molecule has 1 saturated heterocycles. The van der Waals surface area contributed by atoms with E-state index in [1.807, 2.05) is 24.3 Å². The van der Waals surface area contributed by atoms with Crippen molar-refractivity contribution in [3.05, 3.63) is 34.5 Å². The van der Waals surface area contributed by atoms with Crippen molar-refractivity contribution in [2.75, 3.05) is 26.4 Å². The van der Waals surface area contributed by atoms with Gasteiger partial charge in [0.1, 0.15) is 18.0 Å². The summed E-state index contributed by atoms with van der Waals surface area (Å²) in [5.74, 6) is 0.438. The molecule has 0 bridgehead atoms. The van der Waals surface area contributed by atoms with Gasteiger partial charge < -0.3 is 18.6 Å². The molecule has 1 atom stereocenters. The Labute approximate surface area is 143 Å². The van der Waals surface area contributed by atoms with Gasteiger partial charge in [-0.15, -0.1) is 0 Å². The molecule has 5 nitrogen and oxygen atoms in total. The molecular formula is C17H19BrO5. The number of esters is 1. The zero-order chi connectivity index (χ0) is 16.1. The van der Waals surface area contributed by atoms with Gasteiger partial charge in [-0.1, -0.05) is 15.9 Å². The minimum absolute atomic E-state index is 0.0348. The molecule has 0 spiro atoms. The molecule has 0 radical (unpaired) electrons. The topological polar surface area (TPSA) is 57.9 Å². The highest BCUT2D eigenvalue weighted by atomic mass is 79.9. The molecule has 124 valence electrons. The van der Waals surface area contributed by atoms with Crippen molar-refractivity contribution in [1.29, 1.82) is 0 Å². The van der Waals surface area contributed by atoms with E-state index in [0.29, 0.717) is 13.0 Å². The summed E-state index contributed by atoms with van der Waals surface area (Å²) < 4.78 is 22.6. The third kappa shape index (κ3) is 4.80. The van der Waals surface area contributed by atoms with Crippen LogP contribution in [-0.2, 0) is 25.4 Å². The van der Waals surface area contributed by atoms with Gasteiger partial charge in [0.25, 0.3) is 0 Å². The number of furan rings is 1. The van der Waals surface area contributed by atoms with E-state index in [2.05, 4.69) is 15.9 Å². The largest absolute Gasteiger partial charge is 0.464 e. The molecule has 0 saturated carbocycles. The molecule has 3 rings (SSSR count). The van der Waals surface area contributed by atoms with E-state index in [1.54, 1.807) is 0 Å². The van der Waals surface area contributed by atoms with Crippen molar-refractivity contribution < 1.29 is 23.4 Å². The van der Waals surface area contributed by atoms with Gasteiger partial charge in [-0.05, 0) is 37.1 Å². The van der Waals surface area contributed by atoms with Crippen LogP contribution in [0.15, 0.2) is 33.2 Å². The van der Waals surface area contributed by atoms with Gasteiger partial charge in [0.2, 0.25) is 0 Å². The van der Waals surface area contributed by atoms with E-state index in [4.69, 9.17) is 18.6 Å². The lowest BCUT2D eigenvalue weighted by atomic mass is 10.2. The van der Waals surface area contributed by atoms with E-state index in [1.165, 1.54) is 0 Å². The van der Waals surface area contributed by atoms with Crippen LogP contribution in [0.1, 0.15) is 18.6 Å². The van der Waals surface area contributed by atoms with Crippen LogP contribution < -0.4 is 0 Å². The van der Waals surface area contributed by atoms with Crippen LogP contribution >= 0.6 is 15.9 Å². The van der Waals surface area contributed by atoms with Crippen molar-refractivity contribution in [2.45, 2.75) is 25.4 Å². The van der Waals surface area contributed by atoms with Crippen molar-refractivity contribution in [3.63, 3.8) is 0 Å². The Balaban J connectivity index is 1.37. The first-order chi connectivity index (χ1) is 11.2. The minimum atomic E-state index is -0.359. The molecule has 6 heteroatoms. The van der Waals surface area contributed by atoms with Gasteiger partial charge in [-0.3, -0.25) is 0 Å². The highest BCUT2D eigenvalue weighted by molar-refractivity contribution is 9.10. The number of hydrogen-bond donors (Lipinski definition) is 0. The fourth-order valence-corrected chi connectivity index (χ4v) is 2.93. The maximum absolute atomic E-state index is 11.6. The number of hydrogen-bond acceptors (Lipinski definition) is 5. The Hall–Kier alpha value is -1.37. The Bertz CT molecular complexity index is 660. The molecule has 2 heterocycles. The molecule has 1 aromatic carbocycles. The second kappa shape index (κ2) is 7.95. The monoisotopic (exact) mass is 382 g/mol. The molecule has 1 aromatic heterocycles. The van der Waals surface area contributed by atoms with Gasteiger partial charge in [-0.2, -0.15) is 0 Å². The predicted molar refractivity (Wildman–Crippen MR) is 88.4 cm³/mol. The van der Waals surface area contributed by atoms with Crippen LogP contribution in [0.4, 0.5) is 0 Å². The first kappa shape index (κ1) is 16.5. The molecule has 1 unspecified atom stereocenters. The summed E-state index contributed by atoms with van der Waals surface area (Å²) in [7, 11) is 0. The molecule has 23 heavy (non-hydrogen) atoms. The average Bonchev–Trinajstić information content (AvgIpc) is 3.16. The first-order valence-corrected chi connectivity index (χ1v) is 8.53. The van der Waals surface area contributed by atoms with Crippen LogP contribution in [0.2, 0.25) is 0 Å². The maximum atomic E-state index is 11.6. The Morgan fingerprint density at radius 2 is 2.26 bits per heavy atom. The Kier molecular flexibility index (Phi) is 5.70. The first-order valence-electron chi connectivity index (χ1n) is 7.73. The van der Waals surface area contributed by atoms with E-state index in [-0.39, 0.29) is 25.3 Å². The third-order valence-corrected chi connectivity index (χ3v) is 4.18. The quantitative estimate of drug-likeness (QED) is 0.686. The molecule has 0 aliphatic carbocycles. The van der Waals surface area contributed by atoms with Gasteiger partial charge in [0, 0.05) is 22.9 Å². The summed E-state index contributed by atoms with van der Waals surface area (Å²) in [6.45, 7) is 1.48. The standard InChI is InChI=1S/C17H19BrO5/c18-13-3-4-16-12(8-13)9-14(23-16)5-7-22-17(19)11-20-10-15-2-1-6-21-15/h3-4,8-9,15H,1-2,5-7,10-11H2. The van der Waals surface area contributed by atoms with Gasteiger partial charge in [-0.25, -0.2) is 4.79 Å². The van der Waals surface area contributed by atoms with E-state index < -0.39 is 0 Å². The van der Waals surface area contributed by atoms with Crippen LogP contribution in [0.5, 0.6) is 0 Å². The Morgan fingerprint density at radius 1 is 1.35 bits per heavy atom. The number of fused-ring (bicyclic) bond motifs is 1. The predicted octanol–water partition coefficient (Wildman–Crippen LogP) is 3.48. The van der Waals surface area contributed by atoms with Crippen LogP contribution in [0, 0.1) is 0 Å². The number of rotatable bonds is 7. The van der Waals surface area contributed by atoms with Crippen molar-refractivity contribution >= 4 is 32.9 Å². The lowest BCUT2D eigenvalue weighted by Gasteiger charge is -2.09. The maximum Gasteiger partial charge on any atom is 0.332 e. The highest BCUT2D eigenvalue weighted by Gasteiger charge is 2.16. The third-order valence-electron chi connectivity index (χ3n) is 3.69. The van der Waals surface area contributed by atoms with E-state index >= 15 is 0 Å². The lowest BCUT2D eigenvalue weighted by molar-refractivity contribution is -0.150. The Morgan fingerprint density at radius 3 is 3.09 bits per heavy atom. The summed E-state index contributed by atoms with van der Waals surface area (Å²) in [6.07, 6.45) is 2.73. The van der Waals surface area contributed by atoms with Crippen LogP contribution in [-0.4, -0.2) is 38.5 Å². The normalized spacial score (nSPS) is 17.7. The SMILES string of the molecule is O=C(COCC1CCCO1)OCCc1cc2cc(Br)ccc2o1. The van der Waals surface area contributed by atoms with Crippen LogP contribution in [0.25, 0.3) is 11.0 Å². The van der Waals surface area contributed by atoms with Gasteiger partial charge in [0.15, 0.2) is 0 Å². The summed E-state index contributed by atoms with van der Waals surface area (Å²) in [5.41, 5.74) is 0.828. The molecule has 1 aliphatic rings.